The van der Waals surface area contributed by atoms with Crippen molar-refractivity contribution in [3.63, 3.8) is 0 Å². The Hall–Kier alpha value is -2.34. The van der Waals surface area contributed by atoms with Gasteiger partial charge in [-0.25, -0.2) is 4.39 Å². The largest absolute Gasteiger partial charge is 0.289 e. The van der Waals surface area contributed by atoms with E-state index in [1.807, 2.05) is 0 Å². The van der Waals surface area contributed by atoms with Crippen LogP contribution in [-0.4, -0.2) is 10.7 Å². The number of benzene rings is 2. The predicted molar refractivity (Wildman–Crippen MR) is 80.6 cm³/mol. The average molecular weight is 350 g/mol. The van der Waals surface area contributed by atoms with E-state index < -0.39 is 10.7 Å². The molecule has 0 heterocycles. The number of ketones is 1. The van der Waals surface area contributed by atoms with Crippen LogP contribution in [0.1, 0.15) is 15.9 Å². The van der Waals surface area contributed by atoms with E-state index in [-0.39, 0.29) is 17.0 Å². The number of non-ortho nitro benzene ring substituents is 1. The molecule has 106 valence electrons. The second-order valence-corrected chi connectivity index (χ2v) is 5.08. The lowest BCUT2D eigenvalue weighted by Gasteiger charge is -1.98. The molecule has 6 heteroatoms. The van der Waals surface area contributed by atoms with Crippen LogP contribution < -0.4 is 0 Å². The molecule has 0 saturated heterocycles. The molecule has 2 aromatic carbocycles. The van der Waals surface area contributed by atoms with E-state index in [4.69, 9.17) is 0 Å². The van der Waals surface area contributed by atoms with E-state index in [0.717, 1.165) is 0 Å². The Labute approximate surface area is 128 Å². The summed E-state index contributed by atoms with van der Waals surface area (Å²) in [5, 5.41) is 10.5. The highest BCUT2D eigenvalue weighted by molar-refractivity contribution is 9.10. The maximum Gasteiger partial charge on any atom is 0.269 e. The van der Waals surface area contributed by atoms with Gasteiger partial charge < -0.3 is 0 Å². The molecule has 0 spiro atoms. The normalized spacial score (nSPS) is 10.8. The number of carbonyl (C=O) groups is 1. The van der Waals surface area contributed by atoms with Crippen molar-refractivity contribution in [2.24, 2.45) is 0 Å². The Kier molecular flexibility index (Phi) is 4.59. The van der Waals surface area contributed by atoms with Gasteiger partial charge in [0.15, 0.2) is 5.78 Å². The minimum absolute atomic E-state index is 0.0884. The van der Waals surface area contributed by atoms with Crippen LogP contribution in [0.4, 0.5) is 10.1 Å². The van der Waals surface area contributed by atoms with Crippen LogP contribution in [-0.2, 0) is 0 Å². The van der Waals surface area contributed by atoms with Crippen molar-refractivity contribution in [2.75, 3.05) is 0 Å². The Bertz CT molecular complexity index is 726. The maximum absolute atomic E-state index is 13.6. The van der Waals surface area contributed by atoms with E-state index in [1.54, 1.807) is 12.1 Å². The summed E-state index contributed by atoms with van der Waals surface area (Å²) in [6.45, 7) is 0. The van der Waals surface area contributed by atoms with Gasteiger partial charge in [0.25, 0.3) is 5.69 Å². The maximum atomic E-state index is 13.6. The van der Waals surface area contributed by atoms with Crippen molar-refractivity contribution < 1.29 is 14.1 Å². The van der Waals surface area contributed by atoms with Crippen LogP contribution in [0.25, 0.3) is 6.08 Å². The standard InChI is InChI=1S/C15H9BrFNO3/c16-12-5-1-10(14(17)9-12)4-8-15(19)11-2-6-13(7-3-11)18(20)21/h1-9H. The highest BCUT2D eigenvalue weighted by atomic mass is 79.9. The number of hydrogen-bond donors (Lipinski definition) is 0. The number of hydrogen-bond acceptors (Lipinski definition) is 3. The summed E-state index contributed by atoms with van der Waals surface area (Å²) in [4.78, 5) is 21.9. The van der Waals surface area contributed by atoms with Gasteiger partial charge in [0.05, 0.1) is 4.92 Å². The fraction of sp³-hybridized carbons (Fsp3) is 0. The first kappa shape index (κ1) is 15.1. The van der Waals surface area contributed by atoms with Crippen LogP contribution in [0.15, 0.2) is 53.0 Å². The molecular weight excluding hydrogens is 341 g/mol. The van der Waals surface area contributed by atoms with Crippen LogP contribution in [0.2, 0.25) is 0 Å². The van der Waals surface area contributed by atoms with E-state index in [1.165, 1.54) is 42.5 Å². The number of nitro benzene ring substituents is 1. The molecule has 0 amide bonds. The Morgan fingerprint density at radius 2 is 1.86 bits per heavy atom. The molecule has 0 atom stereocenters. The first-order valence-corrected chi connectivity index (χ1v) is 6.68. The van der Waals surface area contributed by atoms with E-state index in [9.17, 15) is 19.3 Å². The predicted octanol–water partition coefficient (Wildman–Crippen LogP) is 4.39. The van der Waals surface area contributed by atoms with Gasteiger partial charge in [-0.2, -0.15) is 0 Å². The van der Waals surface area contributed by atoms with Gasteiger partial charge in [0.1, 0.15) is 5.82 Å². The molecule has 0 bridgehead atoms. The summed E-state index contributed by atoms with van der Waals surface area (Å²) in [7, 11) is 0. The highest BCUT2D eigenvalue weighted by Crippen LogP contribution is 2.17. The van der Waals surface area contributed by atoms with Gasteiger partial charge in [-0.1, -0.05) is 22.0 Å². The second-order valence-electron chi connectivity index (χ2n) is 4.17. The minimum atomic E-state index is -0.540. The molecule has 0 fully saturated rings. The molecule has 2 rings (SSSR count). The zero-order valence-corrected chi connectivity index (χ0v) is 12.2. The monoisotopic (exact) mass is 349 g/mol. The van der Waals surface area contributed by atoms with Gasteiger partial charge in [0, 0.05) is 27.7 Å². The average Bonchev–Trinajstić information content (AvgIpc) is 2.46. The SMILES string of the molecule is O=C(C=Cc1ccc(Br)cc1F)c1ccc([N+](=O)[O-])cc1. The number of carbonyl (C=O) groups excluding carboxylic acids is 1. The number of rotatable bonds is 4. The zero-order valence-electron chi connectivity index (χ0n) is 10.6. The smallest absolute Gasteiger partial charge is 0.269 e. The third-order valence-electron chi connectivity index (χ3n) is 2.74. The fourth-order valence-corrected chi connectivity index (χ4v) is 1.98. The highest BCUT2D eigenvalue weighted by Gasteiger charge is 2.07. The molecule has 2 aromatic rings. The number of halogens is 2. The molecule has 4 nitrogen and oxygen atoms in total. The van der Waals surface area contributed by atoms with E-state index in [2.05, 4.69) is 15.9 Å². The van der Waals surface area contributed by atoms with Gasteiger partial charge in [-0.05, 0) is 36.4 Å². The molecule has 0 aliphatic rings. The summed E-state index contributed by atoms with van der Waals surface area (Å²) in [6.07, 6.45) is 2.60. The molecule has 0 saturated carbocycles. The molecule has 0 aromatic heterocycles. The van der Waals surface area contributed by atoms with E-state index >= 15 is 0 Å². The topological polar surface area (TPSA) is 60.2 Å². The molecule has 0 aliphatic carbocycles. The first-order chi connectivity index (χ1) is 9.97. The van der Waals surface area contributed by atoms with Crippen molar-refractivity contribution >= 4 is 33.5 Å². The fourth-order valence-electron chi connectivity index (χ4n) is 1.65. The van der Waals surface area contributed by atoms with Crippen molar-refractivity contribution in [1.82, 2.24) is 0 Å². The molecule has 0 unspecified atom stereocenters. The lowest BCUT2D eigenvalue weighted by molar-refractivity contribution is -0.384. The number of nitro groups is 1. The molecule has 0 radical (unpaired) electrons. The minimum Gasteiger partial charge on any atom is -0.289 e. The van der Waals surface area contributed by atoms with Gasteiger partial charge in [0.2, 0.25) is 0 Å². The Morgan fingerprint density at radius 3 is 2.43 bits per heavy atom. The summed E-state index contributed by atoms with van der Waals surface area (Å²) < 4.78 is 14.2. The summed E-state index contributed by atoms with van der Waals surface area (Å²) in [6, 6.07) is 9.74. The third kappa shape index (κ3) is 3.82. The third-order valence-corrected chi connectivity index (χ3v) is 3.23. The quantitative estimate of drug-likeness (QED) is 0.356. The van der Waals surface area contributed by atoms with Crippen molar-refractivity contribution in [3.8, 4) is 0 Å². The van der Waals surface area contributed by atoms with Crippen molar-refractivity contribution in [3.05, 3.63) is 80.1 Å². The van der Waals surface area contributed by atoms with Gasteiger partial charge in [-0.15, -0.1) is 0 Å². The van der Waals surface area contributed by atoms with Crippen LogP contribution >= 0.6 is 15.9 Å². The number of nitrogens with zero attached hydrogens (tertiary/aromatic N) is 1. The summed E-state index contributed by atoms with van der Waals surface area (Å²) in [5.41, 5.74) is 0.498. The lowest BCUT2D eigenvalue weighted by atomic mass is 10.1. The second kappa shape index (κ2) is 6.41. The number of allylic oxidation sites excluding steroid dienone is 1. The van der Waals surface area contributed by atoms with Crippen molar-refractivity contribution in [2.45, 2.75) is 0 Å². The van der Waals surface area contributed by atoms with Crippen LogP contribution in [0.3, 0.4) is 0 Å². The summed E-state index contributed by atoms with van der Waals surface area (Å²) in [5.74, 6) is -0.802. The molecule has 21 heavy (non-hydrogen) atoms. The molecule has 0 N–H and O–H groups in total. The van der Waals surface area contributed by atoms with Gasteiger partial charge >= 0.3 is 0 Å². The molecular formula is C15H9BrFNO3. The Balaban J connectivity index is 2.17. The van der Waals surface area contributed by atoms with Crippen LogP contribution in [0, 0.1) is 15.9 Å². The zero-order chi connectivity index (χ0) is 15.4. The first-order valence-electron chi connectivity index (χ1n) is 5.89. The summed E-state index contributed by atoms with van der Waals surface area (Å²) >= 11 is 3.15. The lowest BCUT2D eigenvalue weighted by Crippen LogP contribution is -1.95. The molecule has 0 aliphatic heterocycles. The van der Waals surface area contributed by atoms with Gasteiger partial charge in [-0.3, -0.25) is 14.9 Å². The van der Waals surface area contributed by atoms with Crippen LogP contribution in [0.5, 0.6) is 0 Å². The Morgan fingerprint density at radius 1 is 1.19 bits per heavy atom. The van der Waals surface area contributed by atoms with E-state index in [0.29, 0.717) is 10.0 Å². The van der Waals surface area contributed by atoms with Crippen molar-refractivity contribution in [1.29, 1.82) is 0 Å².